The number of halogens is 3. The van der Waals surface area contributed by atoms with E-state index >= 15 is 0 Å². The highest BCUT2D eigenvalue weighted by Crippen LogP contribution is 2.41. The molecule has 0 saturated carbocycles. The molecular formula is C31H31F3N2O4. The predicted molar refractivity (Wildman–Crippen MR) is 143 cm³/mol. The van der Waals surface area contributed by atoms with Gasteiger partial charge in [-0.15, -0.1) is 0 Å². The minimum atomic E-state index is -1.44. The topological polar surface area (TPSA) is 59.1 Å². The van der Waals surface area contributed by atoms with Crippen molar-refractivity contribution in [3.63, 3.8) is 0 Å². The smallest absolute Gasteiger partial charge is 0.257 e. The number of likely N-dealkylation sites (tertiary alicyclic amines) is 2. The van der Waals surface area contributed by atoms with E-state index in [1.165, 1.54) is 11.8 Å². The Morgan fingerprint density at radius 3 is 2.17 bits per heavy atom. The second kappa shape index (κ2) is 11.6. The van der Waals surface area contributed by atoms with E-state index in [4.69, 9.17) is 9.47 Å². The van der Waals surface area contributed by atoms with Gasteiger partial charge < -0.3 is 19.3 Å². The zero-order chi connectivity index (χ0) is 28.3. The maximum Gasteiger partial charge on any atom is 0.257 e. The molecule has 0 aliphatic carbocycles. The third-order valence-corrected chi connectivity index (χ3v) is 7.78. The first kappa shape index (κ1) is 27.6. The van der Waals surface area contributed by atoms with Gasteiger partial charge in [0.05, 0.1) is 12.2 Å². The first-order valence-corrected chi connectivity index (χ1v) is 13.5. The van der Waals surface area contributed by atoms with E-state index in [1.54, 1.807) is 24.3 Å². The van der Waals surface area contributed by atoms with Gasteiger partial charge in [-0.3, -0.25) is 9.59 Å². The monoisotopic (exact) mass is 552 g/mol. The van der Waals surface area contributed by atoms with Crippen LogP contribution in [0.4, 0.5) is 13.2 Å². The van der Waals surface area contributed by atoms with Crippen molar-refractivity contribution in [3.8, 4) is 17.2 Å². The molecule has 210 valence electrons. The van der Waals surface area contributed by atoms with Crippen molar-refractivity contribution < 1.29 is 32.2 Å². The van der Waals surface area contributed by atoms with E-state index in [-0.39, 0.29) is 17.9 Å². The van der Waals surface area contributed by atoms with Gasteiger partial charge in [0.15, 0.2) is 17.4 Å². The lowest BCUT2D eigenvalue weighted by Crippen LogP contribution is -2.52. The van der Waals surface area contributed by atoms with Crippen molar-refractivity contribution >= 4 is 11.8 Å². The van der Waals surface area contributed by atoms with Crippen LogP contribution in [-0.2, 0) is 0 Å². The molecule has 3 aromatic carbocycles. The van der Waals surface area contributed by atoms with Gasteiger partial charge in [-0.2, -0.15) is 4.39 Å². The molecule has 2 fully saturated rings. The molecule has 2 amide bonds. The first-order chi connectivity index (χ1) is 19.3. The molecule has 2 heterocycles. The Morgan fingerprint density at radius 1 is 0.825 bits per heavy atom. The Kier molecular flexibility index (Phi) is 8.00. The third-order valence-electron chi connectivity index (χ3n) is 7.78. The lowest BCUT2D eigenvalue weighted by Gasteiger charge is -2.47. The molecule has 2 saturated heterocycles. The van der Waals surface area contributed by atoms with Crippen molar-refractivity contribution in [1.82, 2.24) is 9.80 Å². The number of para-hydroxylation sites is 1. The summed E-state index contributed by atoms with van der Waals surface area (Å²) in [5.41, 5.74) is -0.196. The molecule has 0 N–H and O–H groups in total. The summed E-state index contributed by atoms with van der Waals surface area (Å²) < 4.78 is 53.9. The van der Waals surface area contributed by atoms with E-state index < -0.39 is 34.7 Å². The molecule has 0 aromatic heterocycles. The number of carbonyl (C=O) groups is 2. The number of ether oxygens (including phenoxy) is 2. The van der Waals surface area contributed by atoms with Gasteiger partial charge in [0.1, 0.15) is 11.5 Å². The van der Waals surface area contributed by atoms with Gasteiger partial charge in [-0.05, 0) is 80.5 Å². The quantitative estimate of drug-likeness (QED) is 0.330. The largest absolute Gasteiger partial charge is 0.488 e. The molecule has 2 aliphatic heterocycles. The van der Waals surface area contributed by atoms with Crippen LogP contribution in [0.1, 0.15) is 53.3 Å². The van der Waals surface area contributed by atoms with Crippen molar-refractivity contribution in [2.45, 2.75) is 32.6 Å². The second-order valence-electron chi connectivity index (χ2n) is 10.4. The van der Waals surface area contributed by atoms with Crippen LogP contribution in [0.25, 0.3) is 0 Å². The summed E-state index contributed by atoms with van der Waals surface area (Å²) in [5.74, 6) is -4.24. The normalized spacial score (nSPS) is 16.6. The maximum atomic E-state index is 14.9. The zero-order valence-electron chi connectivity index (χ0n) is 22.3. The van der Waals surface area contributed by atoms with E-state index in [0.29, 0.717) is 68.6 Å². The van der Waals surface area contributed by atoms with Crippen LogP contribution in [0.15, 0.2) is 60.7 Å². The molecule has 9 heteroatoms. The summed E-state index contributed by atoms with van der Waals surface area (Å²) in [6.07, 6.45) is 2.94. The highest BCUT2D eigenvalue weighted by atomic mass is 19.2. The molecule has 0 bridgehead atoms. The lowest BCUT2D eigenvalue weighted by molar-refractivity contribution is 0.0198. The van der Waals surface area contributed by atoms with Crippen molar-refractivity contribution in [1.29, 1.82) is 0 Å². The minimum Gasteiger partial charge on any atom is -0.488 e. The number of benzene rings is 3. The van der Waals surface area contributed by atoms with E-state index in [9.17, 15) is 22.8 Å². The number of rotatable bonds is 6. The maximum absolute atomic E-state index is 14.9. The van der Waals surface area contributed by atoms with Gasteiger partial charge in [0.25, 0.3) is 11.8 Å². The summed E-state index contributed by atoms with van der Waals surface area (Å²) in [6, 6.07) is 17.0. The summed E-state index contributed by atoms with van der Waals surface area (Å²) >= 11 is 0. The Balaban J connectivity index is 1.22. The fourth-order valence-corrected chi connectivity index (χ4v) is 5.62. The van der Waals surface area contributed by atoms with Crippen LogP contribution in [0.3, 0.4) is 0 Å². The van der Waals surface area contributed by atoms with Crippen LogP contribution in [0, 0.1) is 22.9 Å². The van der Waals surface area contributed by atoms with E-state index in [1.807, 2.05) is 35.2 Å². The summed E-state index contributed by atoms with van der Waals surface area (Å²) in [4.78, 5) is 29.7. The number of hydrogen-bond acceptors (Lipinski definition) is 4. The molecule has 0 unspecified atom stereocenters. The number of amides is 2. The van der Waals surface area contributed by atoms with Gasteiger partial charge >= 0.3 is 0 Å². The molecule has 0 radical (unpaired) electrons. The molecule has 3 aromatic rings. The van der Waals surface area contributed by atoms with Gasteiger partial charge in [0, 0.05) is 31.7 Å². The fourth-order valence-electron chi connectivity index (χ4n) is 5.62. The van der Waals surface area contributed by atoms with Crippen molar-refractivity contribution in [3.05, 3.63) is 89.2 Å². The van der Waals surface area contributed by atoms with Gasteiger partial charge in [-0.25, -0.2) is 8.78 Å². The predicted octanol–water partition coefficient (Wildman–Crippen LogP) is 6.45. The highest BCUT2D eigenvalue weighted by molar-refractivity contribution is 5.95. The molecule has 40 heavy (non-hydrogen) atoms. The Hall–Kier alpha value is -4.01. The molecule has 6 nitrogen and oxygen atoms in total. The van der Waals surface area contributed by atoms with E-state index in [2.05, 4.69) is 0 Å². The standard InChI is InChI=1S/C31H31F3N2O4/c1-2-39-28-26(33)24(19-25(32)27(28)34)30(38)36-16-6-13-31(20-36)14-17-35(18-15-31)29(37)21-9-11-23(12-10-21)40-22-7-4-3-5-8-22/h3-5,7-12,19H,2,6,13-18,20H2,1H3. The average molecular weight is 553 g/mol. The molecule has 1 spiro atoms. The van der Waals surface area contributed by atoms with Crippen LogP contribution < -0.4 is 9.47 Å². The number of hydrogen-bond donors (Lipinski definition) is 0. The van der Waals surface area contributed by atoms with Crippen LogP contribution >= 0.6 is 0 Å². The Morgan fingerprint density at radius 2 is 1.50 bits per heavy atom. The first-order valence-electron chi connectivity index (χ1n) is 13.5. The lowest BCUT2D eigenvalue weighted by atomic mass is 9.72. The van der Waals surface area contributed by atoms with Crippen LogP contribution in [-0.4, -0.2) is 54.4 Å². The molecule has 5 rings (SSSR count). The van der Waals surface area contributed by atoms with Crippen LogP contribution in [0.2, 0.25) is 0 Å². The Bertz CT molecular complexity index is 1370. The minimum absolute atomic E-state index is 0.0709. The number of carbonyl (C=O) groups excluding carboxylic acids is 2. The molecular weight excluding hydrogens is 521 g/mol. The van der Waals surface area contributed by atoms with Gasteiger partial charge in [-0.1, -0.05) is 18.2 Å². The third kappa shape index (κ3) is 5.64. The van der Waals surface area contributed by atoms with Crippen molar-refractivity contribution in [2.75, 3.05) is 32.8 Å². The SMILES string of the molecule is CCOc1c(F)c(F)cc(C(=O)N2CCCC3(CCN(C(=O)c4ccc(Oc5ccccc5)cc4)CC3)C2)c1F. The Labute approximate surface area is 231 Å². The summed E-state index contributed by atoms with van der Waals surface area (Å²) in [7, 11) is 0. The van der Waals surface area contributed by atoms with Gasteiger partial charge in [0.2, 0.25) is 5.82 Å². The number of piperidine rings is 2. The highest BCUT2D eigenvalue weighted by Gasteiger charge is 2.41. The second-order valence-corrected chi connectivity index (χ2v) is 10.4. The van der Waals surface area contributed by atoms with Crippen molar-refractivity contribution in [2.24, 2.45) is 5.41 Å². The average Bonchev–Trinajstić information content (AvgIpc) is 2.98. The van der Waals surface area contributed by atoms with Crippen LogP contribution in [0.5, 0.6) is 17.2 Å². The fraction of sp³-hybridized carbons (Fsp3) is 0.355. The summed E-state index contributed by atoms with van der Waals surface area (Å²) in [5, 5.41) is 0. The number of nitrogens with zero attached hydrogens (tertiary/aromatic N) is 2. The molecule has 2 aliphatic rings. The zero-order valence-corrected chi connectivity index (χ0v) is 22.3. The molecule has 0 atom stereocenters. The van der Waals surface area contributed by atoms with E-state index in [0.717, 1.165) is 6.42 Å². The summed E-state index contributed by atoms with van der Waals surface area (Å²) in [6.45, 7) is 3.25.